The molecule has 2 fully saturated rings. The molecule has 2 aliphatic heterocycles. The fourth-order valence-corrected chi connectivity index (χ4v) is 6.50. The maximum Gasteiger partial charge on any atom is 0.337 e. The number of ether oxygens (including phenoxy) is 1. The van der Waals surface area contributed by atoms with Crippen molar-refractivity contribution in [2.45, 2.75) is 24.9 Å². The number of hydrogen-bond donors (Lipinski definition) is 1. The standard InChI is InChI=1S/C35H32ClN3O4/c1-43-32(40)27-14-18-29(19-15-27)39-31(26-12-16-28(36)17-13-26)35(33(39)41)20-22-38(23-21-35)34(42)37-30(24-8-4-2-5-9-24)25-10-6-3-7-11-25/h2-19,30-31H,20-23H2,1H3,(H,37,42). The highest BCUT2D eigenvalue weighted by molar-refractivity contribution is 6.30. The molecule has 43 heavy (non-hydrogen) atoms. The first-order valence-electron chi connectivity index (χ1n) is 14.3. The van der Waals surface area contributed by atoms with Crippen LogP contribution in [0.1, 0.15) is 52.0 Å². The van der Waals surface area contributed by atoms with Gasteiger partial charge in [0.25, 0.3) is 0 Å². The number of nitrogens with zero attached hydrogens (tertiary/aromatic N) is 2. The van der Waals surface area contributed by atoms with Crippen LogP contribution in [0.3, 0.4) is 0 Å². The van der Waals surface area contributed by atoms with Crippen molar-refractivity contribution in [3.8, 4) is 0 Å². The third-order valence-electron chi connectivity index (χ3n) is 8.66. The van der Waals surface area contributed by atoms with E-state index in [0.29, 0.717) is 42.2 Å². The number of amides is 3. The summed E-state index contributed by atoms with van der Waals surface area (Å²) in [5, 5.41) is 3.86. The molecule has 1 spiro atoms. The Morgan fingerprint density at radius 3 is 1.93 bits per heavy atom. The summed E-state index contributed by atoms with van der Waals surface area (Å²) in [6.07, 6.45) is 1.06. The second-order valence-electron chi connectivity index (χ2n) is 11.0. The van der Waals surface area contributed by atoms with Crippen molar-refractivity contribution in [1.82, 2.24) is 10.2 Å². The number of likely N-dealkylation sites (tertiary alicyclic amines) is 1. The second-order valence-corrected chi connectivity index (χ2v) is 11.5. The van der Waals surface area contributed by atoms with Gasteiger partial charge < -0.3 is 19.9 Å². The van der Waals surface area contributed by atoms with Crippen LogP contribution in [-0.2, 0) is 9.53 Å². The molecule has 0 aliphatic carbocycles. The molecule has 8 heteroatoms. The summed E-state index contributed by atoms with van der Waals surface area (Å²) in [5.74, 6) is -0.413. The van der Waals surface area contributed by atoms with Crippen molar-refractivity contribution >= 4 is 35.2 Å². The number of rotatable bonds is 6. The van der Waals surface area contributed by atoms with Crippen LogP contribution in [0.5, 0.6) is 0 Å². The SMILES string of the molecule is COC(=O)c1ccc(N2C(=O)C3(CCN(C(=O)NC(c4ccccc4)c4ccccc4)CC3)C2c2ccc(Cl)cc2)cc1. The van der Waals surface area contributed by atoms with Crippen molar-refractivity contribution in [1.29, 1.82) is 0 Å². The van der Waals surface area contributed by atoms with Gasteiger partial charge in [-0.25, -0.2) is 9.59 Å². The van der Waals surface area contributed by atoms with Gasteiger partial charge in [0.15, 0.2) is 0 Å². The largest absolute Gasteiger partial charge is 0.465 e. The van der Waals surface area contributed by atoms with E-state index in [1.54, 1.807) is 29.2 Å². The lowest BCUT2D eigenvalue weighted by Gasteiger charge is -2.59. The molecule has 0 aromatic heterocycles. The van der Waals surface area contributed by atoms with Gasteiger partial charge in [-0.2, -0.15) is 0 Å². The lowest BCUT2D eigenvalue weighted by atomic mass is 9.62. The molecule has 1 atom stereocenters. The molecule has 2 saturated heterocycles. The van der Waals surface area contributed by atoms with E-state index in [4.69, 9.17) is 16.3 Å². The molecule has 6 rings (SSSR count). The number of nitrogens with one attached hydrogen (secondary N) is 1. The topological polar surface area (TPSA) is 79.0 Å². The molecule has 218 valence electrons. The lowest BCUT2D eigenvalue weighted by Crippen LogP contribution is -2.67. The highest BCUT2D eigenvalue weighted by atomic mass is 35.5. The number of halogens is 1. The first kappa shape index (κ1) is 28.5. The third kappa shape index (κ3) is 5.37. The summed E-state index contributed by atoms with van der Waals surface area (Å²) in [5.41, 5.74) is 3.46. The van der Waals surface area contributed by atoms with E-state index in [9.17, 15) is 14.4 Å². The van der Waals surface area contributed by atoms with Crippen LogP contribution in [0, 0.1) is 5.41 Å². The van der Waals surface area contributed by atoms with Gasteiger partial charge in [-0.05, 0) is 65.9 Å². The summed E-state index contributed by atoms with van der Waals surface area (Å²) in [6.45, 7) is 0.903. The normalized spacial score (nSPS) is 17.5. The molecular formula is C35H32ClN3O4. The Morgan fingerprint density at radius 1 is 0.837 bits per heavy atom. The van der Waals surface area contributed by atoms with Crippen LogP contribution in [0.15, 0.2) is 109 Å². The summed E-state index contributed by atoms with van der Waals surface area (Å²) in [7, 11) is 1.34. The molecular weight excluding hydrogens is 562 g/mol. The van der Waals surface area contributed by atoms with Gasteiger partial charge in [0.1, 0.15) is 0 Å². The van der Waals surface area contributed by atoms with Gasteiger partial charge in [0, 0.05) is 23.8 Å². The number of benzene rings is 4. The number of esters is 1. The predicted octanol–water partition coefficient (Wildman–Crippen LogP) is 6.80. The minimum absolute atomic E-state index is 0.0183. The summed E-state index contributed by atoms with van der Waals surface area (Å²) >= 11 is 6.21. The number of methoxy groups -OCH3 is 1. The number of carbonyl (C=O) groups excluding carboxylic acids is 3. The maximum absolute atomic E-state index is 14.0. The zero-order valence-corrected chi connectivity index (χ0v) is 24.5. The maximum atomic E-state index is 14.0. The number of β-lactam (4-membered cyclic amide) rings is 1. The minimum Gasteiger partial charge on any atom is -0.465 e. The Hall–Kier alpha value is -4.62. The summed E-state index contributed by atoms with van der Waals surface area (Å²) in [4.78, 5) is 43.2. The summed E-state index contributed by atoms with van der Waals surface area (Å²) < 4.78 is 4.82. The van der Waals surface area contributed by atoms with Crippen LogP contribution in [0.2, 0.25) is 5.02 Å². The third-order valence-corrected chi connectivity index (χ3v) is 8.91. The molecule has 0 saturated carbocycles. The van der Waals surface area contributed by atoms with E-state index in [-0.39, 0.29) is 24.0 Å². The fourth-order valence-electron chi connectivity index (χ4n) is 6.37. The van der Waals surface area contributed by atoms with E-state index in [1.807, 2.05) is 89.8 Å². The number of piperidine rings is 1. The quantitative estimate of drug-likeness (QED) is 0.197. The Bertz CT molecular complexity index is 1560. The van der Waals surface area contributed by atoms with Crippen LogP contribution < -0.4 is 10.2 Å². The lowest BCUT2D eigenvalue weighted by molar-refractivity contribution is -0.144. The van der Waals surface area contributed by atoms with Gasteiger partial charge in [-0.15, -0.1) is 0 Å². The second kappa shape index (κ2) is 11.9. The molecule has 2 aliphatic rings. The molecule has 3 amide bonds. The Labute approximate surface area is 256 Å². The first-order chi connectivity index (χ1) is 20.9. The number of urea groups is 1. The van der Waals surface area contributed by atoms with E-state index < -0.39 is 11.4 Å². The average Bonchev–Trinajstić information content (AvgIpc) is 3.07. The van der Waals surface area contributed by atoms with Crippen LogP contribution in [0.25, 0.3) is 0 Å². The minimum atomic E-state index is -0.649. The van der Waals surface area contributed by atoms with Gasteiger partial charge in [0.2, 0.25) is 5.91 Å². The van der Waals surface area contributed by atoms with Crippen molar-refractivity contribution in [2.24, 2.45) is 5.41 Å². The molecule has 0 bridgehead atoms. The summed E-state index contributed by atoms with van der Waals surface area (Å²) in [6, 6.07) is 33.6. The number of hydrogen-bond acceptors (Lipinski definition) is 4. The Morgan fingerprint density at radius 2 is 1.40 bits per heavy atom. The molecule has 4 aromatic rings. The molecule has 7 nitrogen and oxygen atoms in total. The van der Waals surface area contributed by atoms with Crippen LogP contribution in [0.4, 0.5) is 10.5 Å². The highest BCUT2D eigenvalue weighted by Crippen LogP contribution is 2.57. The van der Waals surface area contributed by atoms with Gasteiger partial charge in [0.05, 0.1) is 30.2 Å². The number of carbonyl (C=O) groups is 3. The van der Waals surface area contributed by atoms with E-state index >= 15 is 0 Å². The predicted molar refractivity (Wildman–Crippen MR) is 166 cm³/mol. The van der Waals surface area contributed by atoms with Gasteiger partial charge in [-0.1, -0.05) is 84.4 Å². The average molecular weight is 594 g/mol. The van der Waals surface area contributed by atoms with Gasteiger partial charge >= 0.3 is 12.0 Å². The van der Waals surface area contributed by atoms with Crippen LogP contribution >= 0.6 is 11.6 Å². The molecule has 2 heterocycles. The molecule has 0 radical (unpaired) electrons. The first-order valence-corrected chi connectivity index (χ1v) is 14.7. The number of anilines is 1. The monoisotopic (exact) mass is 593 g/mol. The van der Waals surface area contributed by atoms with Crippen molar-refractivity contribution < 1.29 is 19.1 Å². The Kier molecular flexibility index (Phi) is 7.91. The van der Waals surface area contributed by atoms with Crippen LogP contribution in [-0.4, -0.2) is 43.0 Å². The molecule has 1 unspecified atom stereocenters. The highest BCUT2D eigenvalue weighted by Gasteiger charge is 2.62. The van der Waals surface area contributed by atoms with E-state index in [0.717, 1.165) is 16.7 Å². The van der Waals surface area contributed by atoms with Crippen molar-refractivity contribution in [2.75, 3.05) is 25.1 Å². The molecule has 4 aromatic carbocycles. The zero-order valence-electron chi connectivity index (χ0n) is 23.8. The van der Waals surface area contributed by atoms with E-state index in [2.05, 4.69) is 5.32 Å². The Balaban J connectivity index is 1.22. The smallest absolute Gasteiger partial charge is 0.337 e. The van der Waals surface area contributed by atoms with Gasteiger partial charge in [-0.3, -0.25) is 4.79 Å². The zero-order chi connectivity index (χ0) is 30.0. The van der Waals surface area contributed by atoms with Crippen molar-refractivity contribution in [3.63, 3.8) is 0 Å². The molecule has 1 N–H and O–H groups in total. The fraction of sp³-hybridized carbons (Fsp3) is 0.229. The van der Waals surface area contributed by atoms with E-state index in [1.165, 1.54) is 7.11 Å². The van der Waals surface area contributed by atoms with Crippen molar-refractivity contribution in [3.05, 3.63) is 136 Å².